The molecule has 0 aliphatic rings. The summed E-state index contributed by atoms with van der Waals surface area (Å²) in [4.78, 5) is 0. The third-order valence-electron chi connectivity index (χ3n) is 1.83. The van der Waals surface area contributed by atoms with Gasteiger partial charge in [0.25, 0.3) is 0 Å². The van der Waals surface area contributed by atoms with Crippen LogP contribution in [0.15, 0.2) is 0 Å². The molecular formula is C9H11F6N. The number of alkyl halides is 6. The van der Waals surface area contributed by atoms with Crippen LogP contribution < -0.4 is 5.32 Å². The van der Waals surface area contributed by atoms with Gasteiger partial charge in [0.15, 0.2) is 5.92 Å². The number of hydrogen-bond donors (Lipinski definition) is 1. The zero-order chi connectivity index (χ0) is 13.0. The van der Waals surface area contributed by atoms with Crippen LogP contribution in [0.2, 0.25) is 0 Å². The van der Waals surface area contributed by atoms with Crippen molar-refractivity contribution < 1.29 is 26.3 Å². The second-order valence-corrected chi connectivity index (χ2v) is 3.16. The largest absolute Gasteiger partial charge is 0.402 e. The molecule has 0 saturated heterocycles. The normalized spacial score (nSPS) is 14.9. The van der Waals surface area contributed by atoms with Crippen LogP contribution in [0.3, 0.4) is 0 Å². The molecule has 0 saturated carbocycles. The lowest BCUT2D eigenvalue weighted by Gasteiger charge is -2.28. The molecule has 94 valence electrons. The van der Waals surface area contributed by atoms with E-state index in [1.54, 1.807) is 6.92 Å². The van der Waals surface area contributed by atoms with Crippen LogP contribution in [-0.4, -0.2) is 24.9 Å². The first kappa shape index (κ1) is 15.1. The van der Waals surface area contributed by atoms with Crippen molar-refractivity contribution in [3.63, 3.8) is 0 Å². The van der Waals surface area contributed by atoms with Gasteiger partial charge in [-0.25, -0.2) is 0 Å². The number of nitrogens with one attached hydrogen (secondary N) is 1. The molecule has 0 spiro atoms. The first-order valence-corrected chi connectivity index (χ1v) is 4.47. The van der Waals surface area contributed by atoms with E-state index in [0.717, 1.165) is 0 Å². The summed E-state index contributed by atoms with van der Waals surface area (Å²) in [6.45, 7) is 1.61. The molecule has 1 atom stereocenters. The zero-order valence-electron chi connectivity index (χ0n) is 8.41. The molecule has 0 aromatic carbocycles. The second kappa shape index (κ2) is 5.43. The van der Waals surface area contributed by atoms with Crippen molar-refractivity contribution in [1.29, 1.82) is 0 Å². The van der Waals surface area contributed by atoms with Crippen molar-refractivity contribution in [2.24, 2.45) is 5.92 Å². The third kappa shape index (κ3) is 4.31. The van der Waals surface area contributed by atoms with Crippen LogP contribution >= 0.6 is 0 Å². The summed E-state index contributed by atoms with van der Waals surface area (Å²) in [6.07, 6.45) is -5.73. The number of terminal acetylenes is 1. The number of hydrogen-bond acceptors (Lipinski definition) is 1. The van der Waals surface area contributed by atoms with Crippen LogP contribution in [0.4, 0.5) is 26.3 Å². The van der Waals surface area contributed by atoms with Crippen molar-refractivity contribution >= 4 is 0 Å². The Hall–Kier alpha value is -0.900. The molecule has 0 aliphatic heterocycles. The Morgan fingerprint density at radius 2 is 1.56 bits per heavy atom. The van der Waals surface area contributed by atoms with Gasteiger partial charge < -0.3 is 5.32 Å². The zero-order valence-corrected chi connectivity index (χ0v) is 8.41. The highest BCUT2D eigenvalue weighted by molar-refractivity contribution is 5.06. The van der Waals surface area contributed by atoms with Crippen LogP contribution in [0.25, 0.3) is 0 Å². The maximum absolute atomic E-state index is 12.2. The fourth-order valence-corrected chi connectivity index (χ4v) is 1.14. The second-order valence-electron chi connectivity index (χ2n) is 3.16. The summed E-state index contributed by atoms with van der Waals surface area (Å²) in [5.41, 5.74) is 0. The summed E-state index contributed by atoms with van der Waals surface area (Å²) < 4.78 is 73.3. The summed E-state index contributed by atoms with van der Waals surface area (Å²) in [5, 5.41) is 2.06. The van der Waals surface area contributed by atoms with Gasteiger partial charge in [-0.05, 0) is 13.0 Å². The lowest BCUT2D eigenvalue weighted by molar-refractivity contribution is -0.287. The van der Waals surface area contributed by atoms with Crippen LogP contribution in [0, 0.1) is 18.3 Å². The summed E-state index contributed by atoms with van der Waals surface area (Å²) in [7, 11) is 0. The minimum Gasteiger partial charge on any atom is -0.303 e. The van der Waals surface area contributed by atoms with Gasteiger partial charge in [0, 0.05) is 0 Å². The molecule has 0 aromatic heterocycles. The predicted molar refractivity (Wildman–Crippen MR) is 46.5 cm³/mol. The maximum Gasteiger partial charge on any atom is 0.402 e. The molecule has 0 heterocycles. The quantitative estimate of drug-likeness (QED) is 0.595. The summed E-state index contributed by atoms with van der Waals surface area (Å²) in [5.74, 6) is -2.03. The highest BCUT2D eigenvalue weighted by Crippen LogP contribution is 2.41. The molecule has 0 bridgehead atoms. The standard InChI is InChI=1S/C9H11F6N/c1-3-5-16-6(4-2)7(8(10,11)12)9(13,14)15/h2,6-7,16H,3,5H2,1H3. The van der Waals surface area contributed by atoms with E-state index in [1.165, 1.54) is 5.92 Å². The molecule has 0 radical (unpaired) electrons. The van der Waals surface area contributed by atoms with Crippen LogP contribution in [-0.2, 0) is 0 Å². The maximum atomic E-state index is 12.2. The molecular weight excluding hydrogens is 236 g/mol. The first-order valence-electron chi connectivity index (χ1n) is 4.47. The van der Waals surface area contributed by atoms with Crippen molar-refractivity contribution in [2.45, 2.75) is 31.7 Å². The van der Waals surface area contributed by atoms with Crippen molar-refractivity contribution in [3.05, 3.63) is 0 Å². The van der Waals surface area contributed by atoms with Gasteiger partial charge in [0.2, 0.25) is 0 Å². The average Bonchev–Trinajstić information content (AvgIpc) is 2.07. The Morgan fingerprint density at radius 3 is 1.81 bits per heavy atom. The molecule has 0 rings (SSSR count). The van der Waals surface area contributed by atoms with Gasteiger partial charge in [-0.3, -0.25) is 0 Å². The Labute approximate surface area is 89.2 Å². The lowest BCUT2D eigenvalue weighted by atomic mass is 9.99. The molecule has 0 amide bonds. The monoisotopic (exact) mass is 247 g/mol. The van der Waals surface area contributed by atoms with Crippen molar-refractivity contribution in [3.8, 4) is 12.3 Å². The van der Waals surface area contributed by atoms with Crippen molar-refractivity contribution in [2.75, 3.05) is 6.54 Å². The minimum atomic E-state index is -5.41. The molecule has 7 heteroatoms. The van der Waals surface area contributed by atoms with E-state index >= 15 is 0 Å². The highest BCUT2D eigenvalue weighted by Gasteiger charge is 2.59. The third-order valence-corrected chi connectivity index (χ3v) is 1.83. The molecule has 0 fully saturated rings. The Balaban J connectivity index is 4.95. The number of rotatable bonds is 4. The van der Waals surface area contributed by atoms with Crippen LogP contribution in [0.1, 0.15) is 13.3 Å². The molecule has 0 aliphatic carbocycles. The summed E-state index contributed by atoms with van der Waals surface area (Å²) in [6, 6.07) is -2.08. The first-order chi connectivity index (χ1) is 7.14. The fraction of sp³-hybridized carbons (Fsp3) is 0.778. The van der Waals surface area contributed by atoms with Gasteiger partial charge in [0.05, 0.1) is 6.04 Å². The van der Waals surface area contributed by atoms with E-state index < -0.39 is 24.3 Å². The number of halogens is 6. The molecule has 1 unspecified atom stereocenters. The predicted octanol–water partition coefficient (Wildman–Crippen LogP) is 2.73. The smallest absolute Gasteiger partial charge is 0.303 e. The van der Waals surface area contributed by atoms with Crippen LogP contribution in [0.5, 0.6) is 0 Å². The van der Waals surface area contributed by atoms with E-state index in [0.29, 0.717) is 6.42 Å². The molecule has 1 N–H and O–H groups in total. The lowest BCUT2D eigenvalue weighted by Crippen LogP contribution is -2.50. The van der Waals surface area contributed by atoms with Gasteiger partial charge in [-0.15, -0.1) is 6.42 Å². The van der Waals surface area contributed by atoms with E-state index in [2.05, 4.69) is 5.32 Å². The topological polar surface area (TPSA) is 12.0 Å². The Morgan fingerprint density at radius 1 is 1.12 bits per heavy atom. The average molecular weight is 247 g/mol. The molecule has 16 heavy (non-hydrogen) atoms. The molecule has 1 nitrogen and oxygen atoms in total. The van der Waals surface area contributed by atoms with Gasteiger partial charge in [0.1, 0.15) is 0 Å². The fourth-order valence-electron chi connectivity index (χ4n) is 1.14. The minimum absolute atomic E-state index is 0.00245. The van der Waals surface area contributed by atoms with Crippen molar-refractivity contribution in [1.82, 2.24) is 5.32 Å². The SMILES string of the molecule is C#CC(NCCC)C(C(F)(F)F)C(F)(F)F. The van der Waals surface area contributed by atoms with E-state index in [9.17, 15) is 26.3 Å². The van der Waals surface area contributed by atoms with Gasteiger partial charge in [-0.1, -0.05) is 12.8 Å². The van der Waals surface area contributed by atoms with E-state index in [-0.39, 0.29) is 6.54 Å². The Kier molecular flexibility index (Phi) is 5.13. The molecule has 0 aromatic rings. The summed E-state index contributed by atoms with van der Waals surface area (Å²) >= 11 is 0. The Bertz CT molecular complexity index is 234. The van der Waals surface area contributed by atoms with Gasteiger partial charge in [-0.2, -0.15) is 26.3 Å². The van der Waals surface area contributed by atoms with Gasteiger partial charge >= 0.3 is 12.4 Å². The van der Waals surface area contributed by atoms with E-state index in [4.69, 9.17) is 6.42 Å². The van der Waals surface area contributed by atoms with E-state index in [1.807, 2.05) is 0 Å². The highest BCUT2D eigenvalue weighted by atomic mass is 19.4.